The molecule has 17 heavy (non-hydrogen) atoms. The molecule has 0 aliphatic carbocycles. The Kier molecular flexibility index (Phi) is 6.22. The Balaban J connectivity index is 2.82. The minimum absolute atomic E-state index is 0.217. The maximum Gasteiger partial charge on any atom is 0.0768 e. The average Bonchev–Trinajstić information content (AvgIpc) is 2.82. The molecule has 98 valence electrons. The molecule has 0 aliphatic rings. The standard InChI is InChI=1S/C13H25N3O/c1-5-12(17-8-4)13(14-6-2)11-9-15-16(7-3)10-11/h9-10,12-14H,5-8H2,1-4H3. The summed E-state index contributed by atoms with van der Waals surface area (Å²) in [6, 6.07) is 0.241. The van der Waals surface area contributed by atoms with Crippen molar-refractivity contribution in [3.63, 3.8) is 0 Å². The van der Waals surface area contributed by atoms with Gasteiger partial charge in [-0.25, -0.2) is 0 Å². The number of aryl methyl sites for hydroxylation is 1. The molecule has 0 amide bonds. The van der Waals surface area contributed by atoms with Gasteiger partial charge in [0.2, 0.25) is 0 Å². The molecular weight excluding hydrogens is 214 g/mol. The molecule has 1 N–H and O–H groups in total. The SMILES string of the molecule is CCNC(c1cnn(CC)c1)C(CC)OCC. The molecule has 4 heteroatoms. The molecule has 1 rings (SSSR count). The number of hydrogen-bond donors (Lipinski definition) is 1. The first-order valence-electron chi connectivity index (χ1n) is 6.64. The van der Waals surface area contributed by atoms with Crippen LogP contribution in [0.15, 0.2) is 12.4 Å². The summed E-state index contributed by atoms with van der Waals surface area (Å²) in [5.41, 5.74) is 1.22. The van der Waals surface area contributed by atoms with Gasteiger partial charge >= 0.3 is 0 Å². The van der Waals surface area contributed by atoms with E-state index in [1.54, 1.807) is 0 Å². The van der Waals surface area contributed by atoms with Crippen molar-refractivity contribution in [2.75, 3.05) is 13.2 Å². The Morgan fingerprint density at radius 3 is 2.59 bits per heavy atom. The lowest BCUT2D eigenvalue weighted by atomic mass is 10.0. The summed E-state index contributed by atoms with van der Waals surface area (Å²) in [7, 11) is 0. The topological polar surface area (TPSA) is 39.1 Å². The predicted molar refractivity (Wildman–Crippen MR) is 70.0 cm³/mol. The number of rotatable bonds is 8. The van der Waals surface area contributed by atoms with Crippen molar-refractivity contribution >= 4 is 0 Å². The highest BCUT2D eigenvalue weighted by Gasteiger charge is 2.22. The maximum absolute atomic E-state index is 5.80. The molecule has 1 aromatic rings. The van der Waals surface area contributed by atoms with Crippen molar-refractivity contribution in [3.05, 3.63) is 18.0 Å². The first-order valence-corrected chi connectivity index (χ1v) is 6.64. The zero-order chi connectivity index (χ0) is 12.7. The highest BCUT2D eigenvalue weighted by Crippen LogP contribution is 2.21. The van der Waals surface area contributed by atoms with Gasteiger partial charge in [-0.15, -0.1) is 0 Å². The highest BCUT2D eigenvalue weighted by molar-refractivity contribution is 5.12. The first kappa shape index (κ1) is 14.2. The predicted octanol–water partition coefficient (Wildman–Crippen LogP) is 2.37. The molecular formula is C13H25N3O. The van der Waals surface area contributed by atoms with E-state index in [-0.39, 0.29) is 12.1 Å². The maximum atomic E-state index is 5.80. The number of likely N-dealkylation sites (N-methyl/N-ethyl adjacent to an activating group) is 1. The van der Waals surface area contributed by atoms with Crippen molar-refractivity contribution in [3.8, 4) is 0 Å². The number of hydrogen-bond acceptors (Lipinski definition) is 3. The normalized spacial score (nSPS) is 14.8. The van der Waals surface area contributed by atoms with Crippen molar-refractivity contribution in [2.45, 2.75) is 52.8 Å². The van der Waals surface area contributed by atoms with Gasteiger partial charge in [0, 0.05) is 24.9 Å². The van der Waals surface area contributed by atoms with E-state index >= 15 is 0 Å². The molecule has 0 aliphatic heterocycles. The Morgan fingerprint density at radius 2 is 2.12 bits per heavy atom. The van der Waals surface area contributed by atoms with Crippen LogP contribution in [0.25, 0.3) is 0 Å². The van der Waals surface area contributed by atoms with Crippen LogP contribution in [0.5, 0.6) is 0 Å². The van der Waals surface area contributed by atoms with Gasteiger partial charge in [-0.1, -0.05) is 13.8 Å². The largest absolute Gasteiger partial charge is 0.377 e. The molecule has 2 atom stereocenters. The van der Waals surface area contributed by atoms with E-state index in [0.29, 0.717) is 0 Å². The fourth-order valence-electron chi connectivity index (χ4n) is 2.06. The molecule has 0 saturated heterocycles. The lowest BCUT2D eigenvalue weighted by Gasteiger charge is -2.26. The molecule has 0 aromatic carbocycles. The Morgan fingerprint density at radius 1 is 1.35 bits per heavy atom. The number of nitrogens with zero attached hydrogens (tertiary/aromatic N) is 2. The van der Waals surface area contributed by atoms with E-state index < -0.39 is 0 Å². The van der Waals surface area contributed by atoms with Gasteiger partial charge in [-0.05, 0) is 26.8 Å². The zero-order valence-electron chi connectivity index (χ0n) is 11.4. The lowest BCUT2D eigenvalue weighted by molar-refractivity contribution is 0.0318. The van der Waals surface area contributed by atoms with Crippen LogP contribution >= 0.6 is 0 Å². The lowest BCUT2D eigenvalue weighted by Crippen LogP contribution is -2.33. The fraction of sp³-hybridized carbons (Fsp3) is 0.769. The summed E-state index contributed by atoms with van der Waals surface area (Å²) in [6.07, 6.45) is 5.27. The van der Waals surface area contributed by atoms with Crippen molar-refractivity contribution in [1.29, 1.82) is 0 Å². The van der Waals surface area contributed by atoms with Crippen LogP contribution in [-0.4, -0.2) is 29.0 Å². The second-order valence-electron chi connectivity index (χ2n) is 4.07. The van der Waals surface area contributed by atoms with Crippen LogP contribution in [-0.2, 0) is 11.3 Å². The number of ether oxygens (including phenoxy) is 1. The molecule has 0 saturated carbocycles. The van der Waals surface area contributed by atoms with Crippen LogP contribution in [0.1, 0.15) is 45.7 Å². The minimum atomic E-state index is 0.217. The first-order chi connectivity index (χ1) is 8.26. The van der Waals surface area contributed by atoms with Crippen LogP contribution < -0.4 is 5.32 Å². The average molecular weight is 239 g/mol. The summed E-state index contributed by atoms with van der Waals surface area (Å²) in [5.74, 6) is 0. The van der Waals surface area contributed by atoms with Gasteiger partial charge in [0.1, 0.15) is 0 Å². The van der Waals surface area contributed by atoms with Crippen molar-refractivity contribution in [2.24, 2.45) is 0 Å². The van der Waals surface area contributed by atoms with E-state index in [1.165, 1.54) is 5.56 Å². The summed E-state index contributed by atoms with van der Waals surface area (Å²) in [5, 5.41) is 7.83. The molecule has 0 spiro atoms. The third-order valence-corrected chi connectivity index (χ3v) is 2.92. The summed E-state index contributed by atoms with van der Waals surface area (Å²) in [4.78, 5) is 0. The fourth-order valence-corrected chi connectivity index (χ4v) is 2.06. The van der Waals surface area contributed by atoms with Crippen LogP contribution in [0.3, 0.4) is 0 Å². The number of aromatic nitrogens is 2. The molecule has 0 radical (unpaired) electrons. The highest BCUT2D eigenvalue weighted by atomic mass is 16.5. The molecule has 4 nitrogen and oxygen atoms in total. The smallest absolute Gasteiger partial charge is 0.0768 e. The third kappa shape index (κ3) is 3.82. The number of nitrogens with one attached hydrogen (secondary N) is 1. The molecule has 1 aromatic heterocycles. The molecule has 0 bridgehead atoms. The van der Waals surface area contributed by atoms with E-state index in [0.717, 1.165) is 26.1 Å². The van der Waals surface area contributed by atoms with E-state index in [4.69, 9.17) is 4.74 Å². The van der Waals surface area contributed by atoms with Crippen LogP contribution in [0.4, 0.5) is 0 Å². The van der Waals surface area contributed by atoms with E-state index in [2.05, 4.69) is 37.4 Å². The Bertz CT molecular complexity index is 311. The quantitative estimate of drug-likeness (QED) is 0.757. The van der Waals surface area contributed by atoms with Gasteiger partial charge in [-0.3, -0.25) is 4.68 Å². The monoisotopic (exact) mass is 239 g/mol. The summed E-state index contributed by atoms with van der Waals surface area (Å²) < 4.78 is 7.76. The zero-order valence-corrected chi connectivity index (χ0v) is 11.4. The molecule has 2 unspecified atom stereocenters. The van der Waals surface area contributed by atoms with Gasteiger partial charge < -0.3 is 10.1 Å². The van der Waals surface area contributed by atoms with Gasteiger partial charge in [-0.2, -0.15) is 5.10 Å². The molecule has 0 fully saturated rings. The Hall–Kier alpha value is -0.870. The minimum Gasteiger partial charge on any atom is -0.377 e. The second-order valence-corrected chi connectivity index (χ2v) is 4.07. The van der Waals surface area contributed by atoms with Gasteiger partial charge in [0.15, 0.2) is 0 Å². The van der Waals surface area contributed by atoms with E-state index in [1.807, 2.05) is 17.8 Å². The Labute approximate surface area is 104 Å². The van der Waals surface area contributed by atoms with Gasteiger partial charge in [0.25, 0.3) is 0 Å². The van der Waals surface area contributed by atoms with Gasteiger partial charge in [0.05, 0.1) is 18.3 Å². The van der Waals surface area contributed by atoms with Crippen molar-refractivity contribution < 1.29 is 4.74 Å². The van der Waals surface area contributed by atoms with E-state index in [9.17, 15) is 0 Å². The molecule has 1 heterocycles. The summed E-state index contributed by atoms with van der Waals surface area (Å²) >= 11 is 0. The third-order valence-electron chi connectivity index (χ3n) is 2.92. The summed E-state index contributed by atoms with van der Waals surface area (Å²) in [6.45, 7) is 11.0. The second kappa shape index (κ2) is 7.45. The van der Waals surface area contributed by atoms with Crippen molar-refractivity contribution in [1.82, 2.24) is 15.1 Å². The van der Waals surface area contributed by atoms with Crippen LogP contribution in [0, 0.1) is 0 Å². The van der Waals surface area contributed by atoms with Crippen LogP contribution in [0.2, 0.25) is 0 Å².